The van der Waals surface area contributed by atoms with E-state index in [1.807, 2.05) is 13.8 Å². The molecule has 0 aromatic heterocycles. The third kappa shape index (κ3) is 5.01. The maximum absolute atomic E-state index is 12.6. The lowest BCUT2D eigenvalue weighted by Crippen LogP contribution is -2.43. The van der Waals surface area contributed by atoms with E-state index < -0.39 is 10.0 Å². The molecular formula is C17H26N2O5S. The lowest BCUT2D eigenvalue weighted by molar-refractivity contribution is -0.129. The lowest BCUT2D eigenvalue weighted by atomic mass is 10.2. The molecule has 0 fully saturated rings. The van der Waals surface area contributed by atoms with Crippen LogP contribution >= 0.6 is 0 Å². The minimum absolute atomic E-state index is 0.205. The van der Waals surface area contributed by atoms with Gasteiger partial charge in [-0.1, -0.05) is 13.8 Å². The maximum atomic E-state index is 12.6. The number of amides is 1. The first-order valence-corrected chi connectivity index (χ1v) is 10.4. The molecule has 1 aliphatic heterocycles. The van der Waals surface area contributed by atoms with Crippen LogP contribution in [0.1, 0.15) is 26.7 Å². The van der Waals surface area contributed by atoms with Crippen molar-refractivity contribution in [1.82, 2.24) is 4.90 Å². The van der Waals surface area contributed by atoms with Gasteiger partial charge in [-0.2, -0.15) is 0 Å². The molecule has 1 heterocycles. The topological polar surface area (TPSA) is 76.2 Å². The molecule has 0 atom stereocenters. The van der Waals surface area contributed by atoms with Gasteiger partial charge >= 0.3 is 0 Å². The molecule has 2 rings (SSSR count). The summed E-state index contributed by atoms with van der Waals surface area (Å²) in [7, 11) is -3.61. The van der Waals surface area contributed by atoms with E-state index in [1.165, 1.54) is 0 Å². The Hall–Kier alpha value is -1.96. The number of nitrogens with zero attached hydrogens (tertiary/aromatic N) is 2. The highest BCUT2D eigenvalue weighted by atomic mass is 32.2. The van der Waals surface area contributed by atoms with Crippen LogP contribution in [-0.4, -0.2) is 58.3 Å². The molecule has 0 radical (unpaired) electrons. The van der Waals surface area contributed by atoms with E-state index in [2.05, 4.69) is 0 Å². The number of rotatable bonds is 8. The number of carbonyl (C=O) groups excluding carboxylic acids is 1. The molecule has 1 aromatic carbocycles. The van der Waals surface area contributed by atoms with E-state index in [4.69, 9.17) is 9.47 Å². The van der Waals surface area contributed by atoms with Crippen LogP contribution in [0.3, 0.4) is 0 Å². The van der Waals surface area contributed by atoms with Crippen LogP contribution in [0.25, 0.3) is 0 Å². The highest BCUT2D eigenvalue weighted by Crippen LogP contribution is 2.34. The normalized spacial score (nSPS) is 13.4. The van der Waals surface area contributed by atoms with Crippen LogP contribution in [0.4, 0.5) is 5.69 Å². The summed E-state index contributed by atoms with van der Waals surface area (Å²) in [5.41, 5.74) is 0.396. The Morgan fingerprint density at radius 3 is 2.24 bits per heavy atom. The number of fused-ring (bicyclic) bond motifs is 1. The molecule has 0 unspecified atom stereocenters. The molecule has 0 aliphatic carbocycles. The molecular weight excluding hydrogens is 344 g/mol. The van der Waals surface area contributed by atoms with Gasteiger partial charge in [0.2, 0.25) is 15.9 Å². The van der Waals surface area contributed by atoms with Crippen LogP contribution in [-0.2, 0) is 14.8 Å². The van der Waals surface area contributed by atoms with Gasteiger partial charge in [-0.15, -0.1) is 0 Å². The highest BCUT2D eigenvalue weighted by molar-refractivity contribution is 7.92. The van der Waals surface area contributed by atoms with Crippen molar-refractivity contribution in [2.24, 2.45) is 0 Å². The van der Waals surface area contributed by atoms with E-state index in [1.54, 1.807) is 23.1 Å². The van der Waals surface area contributed by atoms with Gasteiger partial charge in [0, 0.05) is 19.2 Å². The molecule has 140 valence electrons. The van der Waals surface area contributed by atoms with Gasteiger partial charge in [0.25, 0.3) is 0 Å². The standard InChI is InChI=1S/C17H26N2O5S/c1-4-8-18(9-5-2)17(20)13-19(25(3,21)22)14-6-7-15-16(12-14)24-11-10-23-15/h6-7,12H,4-5,8-11,13H2,1-3H3. The molecule has 0 saturated heterocycles. The summed E-state index contributed by atoms with van der Waals surface area (Å²) in [6.07, 6.45) is 2.75. The van der Waals surface area contributed by atoms with Crippen molar-refractivity contribution in [2.75, 3.05) is 43.4 Å². The molecule has 0 bridgehead atoms. The van der Waals surface area contributed by atoms with Crippen LogP contribution in [0.5, 0.6) is 11.5 Å². The number of benzene rings is 1. The Labute approximate surface area is 149 Å². The number of sulfonamides is 1. The smallest absolute Gasteiger partial charge is 0.243 e. The monoisotopic (exact) mass is 370 g/mol. The average Bonchev–Trinajstić information content (AvgIpc) is 2.58. The summed E-state index contributed by atoms with van der Waals surface area (Å²) in [6.45, 7) is 5.87. The van der Waals surface area contributed by atoms with Gasteiger partial charge in [0.05, 0.1) is 11.9 Å². The summed E-state index contributed by atoms with van der Waals surface area (Å²) >= 11 is 0. The zero-order valence-corrected chi connectivity index (χ0v) is 15.8. The molecule has 7 nitrogen and oxygen atoms in total. The van der Waals surface area contributed by atoms with E-state index >= 15 is 0 Å². The van der Waals surface area contributed by atoms with Crippen LogP contribution in [0.15, 0.2) is 18.2 Å². The number of hydrogen-bond acceptors (Lipinski definition) is 5. The van der Waals surface area contributed by atoms with Gasteiger partial charge in [-0.25, -0.2) is 8.42 Å². The van der Waals surface area contributed by atoms with Crippen molar-refractivity contribution < 1.29 is 22.7 Å². The van der Waals surface area contributed by atoms with Crippen molar-refractivity contribution in [2.45, 2.75) is 26.7 Å². The minimum Gasteiger partial charge on any atom is -0.486 e. The maximum Gasteiger partial charge on any atom is 0.243 e. The second-order valence-corrected chi connectivity index (χ2v) is 7.89. The Bertz CT molecular complexity index is 699. The van der Waals surface area contributed by atoms with Crippen LogP contribution < -0.4 is 13.8 Å². The second kappa shape index (κ2) is 8.42. The van der Waals surface area contributed by atoms with Crippen LogP contribution in [0.2, 0.25) is 0 Å². The molecule has 8 heteroatoms. The first-order chi connectivity index (χ1) is 11.9. The first kappa shape index (κ1) is 19.4. The third-order valence-electron chi connectivity index (χ3n) is 3.83. The number of carbonyl (C=O) groups is 1. The Morgan fingerprint density at radius 2 is 1.68 bits per heavy atom. The molecule has 0 N–H and O–H groups in total. The minimum atomic E-state index is -3.61. The van der Waals surface area contributed by atoms with Crippen molar-refractivity contribution >= 4 is 21.6 Å². The molecule has 0 spiro atoms. The van der Waals surface area contributed by atoms with Crippen molar-refractivity contribution in [3.63, 3.8) is 0 Å². The number of hydrogen-bond donors (Lipinski definition) is 0. The second-order valence-electron chi connectivity index (χ2n) is 5.98. The average molecular weight is 370 g/mol. The van der Waals surface area contributed by atoms with Gasteiger partial charge in [0.15, 0.2) is 11.5 Å². The van der Waals surface area contributed by atoms with Crippen molar-refractivity contribution in [1.29, 1.82) is 0 Å². The summed E-state index contributed by atoms with van der Waals surface area (Å²) in [5.74, 6) is 0.862. The zero-order valence-electron chi connectivity index (χ0n) is 15.0. The first-order valence-electron chi connectivity index (χ1n) is 8.52. The van der Waals surface area contributed by atoms with Gasteiger partial charge in [-0.3, -0.25) is 9.10 Å². The molecule has 1 aliphatic rings. The summed E-state index contributed by atoms with van der Waals surface area (Å²) in [5, 5.41) is 0. The number of ether oxygens (including phenoxy) is 2. The van der Waals surface area contributed by atoms with Gasteiger partial charge in [-0.05, 0) is 25.0 Å². The van der Waals surface area contributed by atoms with Gasteiger partial charge < -0.3 is 14.4 Å². The van der Waals surface area contributed by atoms with Crippen molar-refractivity contribution in [3.05, 3.63) is 18.2 Å². The predicted molar refractivity (Wildman–Crippen MR) is 96.8 cm³/mol. The Balaban J connectivity index is 2.26. The quantitative estimate of drug-likeness (QED) is 0.698. The lowest BCUT2D eigenvalue weighted by Gasteiger charge is -2.28. The summed E-state index contributed by atoms with van der Waals surface area (Å²) in [6, 6.07) is 4.90. The Morgan fingerprint density at radius 1 is 1.08 bits per heavy atom. The van der Waals surface area contributed by atoms with Crippen molar-refractivity contribution in [3.8, 4) is 11.5 Å². The van der Waals surface area contributed by atoms with E-state index in [0.29, 0.717) is 43.5 Å². The Kier molecular flexibility index (Phi) is 6.52. The fraction of sp³-hybridized carbons (Fsp3) is 0.588. The molecule has 1 amide bonds. The highest BCUT2D eigenvalue weighted by Gasteiger charge is 2.25. The zero-order chi connectivity index (χ0) is 18.4. The summed E-state index contributed by atoms with van der Waals surface area (Å²) < 4.78 is 36.6. The SMILES string of the molecule is CCCN(CCC)C(=O)CN(c1ccc2c(c1)OCCO2)S(C)(=O)=O. The third-order valence-corrected chi connectivity index (χ3v) is 4.97. The largest absolute Gasteiger partial charge is 0.486 e. The van der Waals surface area contributed by atoms with E-state index in [0.717, 1.165) is 23.4 Å². The molecule has 1 aromatic rings. The molecule has 0 saturated carbocycles. The van der Waals surface area contributed by atoms with Crippen LogP contribution in [0, 0.1) is 0 Å². The summed E-state index contributed by atoms with van der Waals surface area (Å²) in [4.78, 5) is 14.3. The van der Waals surface area contributed by atoms with Gasteiger partial charge in [0.1, 0.15) is 19.8 Å². The fourth-order valence-corrected chi connectivity index (χ4v) is 3.55. The van der Waals surface area contributed by atoms with E-state index in [-0.39, 0.29) is 12.5 Å². The van der Waals surface area contributed by atoms with E-state index in [9.17, 15) is 13.2 Å². The molecule has 25 heavy (non-hydrogen) atoms. The fourth-order valence-electron chi connectivity index (χ4n) is 2.71. The predicted octanol–water partition coefficient (Wildman–Crippen LogP) is 1.87. The number of anilines is 1.